The van der Waals surface area contributed by atoms with E-state index in [2.05, 4.69) is 13.8 Å². The average Bonchev–Trinajstić information content (AvgIpc) is 2.72. The highest BCUT2D eigenvalue weighted by molar-refractivity contribution is 5.89. The molecule has 0 aromatic carbocycles. The van der Waals surface area contributed by atoms with Crippen LogP contribution in [0, 0.1) is 5.92 Å². The van der Waals surface area contributed by atoms with Crippen molar-refractivity contribution in [2.45, 2.75) is 59.3 Å². The van der Waals surface area contributed by atoms with Gasteiger partial charge in [-0.25, -0.2) is 4.79 Å². The zero-order valence-corrected chi connectivity index (χ0v) is 10.8. The number of ether oxygens (including phenoxy) is 1. The number of allylic oxidation sites excluding steroid dienone is 1. The van der Waals surface area contributed by atoms with Gasteiger partial charge >= 0.3 is 5.97 Å². The van der Waals surface area contributed by atoms with E-state index >= 15 is 0 Å². The largest absolute Gasteiger partial charge is 0.463 e. The van der Waals surface area contributed by atoms with E-state index in [9.17, 15) is 4.79 Å². The molecule has 0 heterocycles. The van der Waals surface area contributed by atoms with Gasteiger partial charge in [0.2, 0.25) is 0 Å². The molecular weight excluding hydrogens is 200 g/mol. The molecule has 0 aliphatic heterocycles. The van der Waals surface area contributed by atoms with Crippen molar-refractivity contribution in [2.75, 3.05) is 6.61 Å². The van der Waals surface area contributed by atoms with Crippen LogP contribution in [0.5, 0.6) is 0 Å². The Morgan fingerprint density at radius 2 is 1.88 bits per heavy atom. The van der Waals surface area contributed by atoms with Crippen molar-refractivity contribution in [1.29, 1.82) is 0 Å². The van der Waals surface area contributed by atoms with Crippen LogP contribution >= 0.6 is 0 Å². The normalized spacial score (nSPS) is 18.4. The Morgan fingerprint density at radius 3 is 2.38 bits per heavy atom. The van der Waals surface area contributed by atoms with Gasteiger partial charge in [-0.2, -0.15) is 0 Å². The smallest absolute Gasteiger partial charge is 0.334 e. The maximum atomic E-state index is 12.0. The second kappa shape index (κ2) is 6.72. The Bertz CT molecular complexity index is 260. The van der Waals surface area contributed by atoms with Gasteiger partial charge in [0.15, 0.2) is 0 Å². The lowest BCUT2D eigenvalue weighted by molar-refractivity contribution is -0.139. The van der Waals surface area contributed by atoms with Gasteiger partial charge in [0.05, 0.1) is 6.61 Å². The Morgan fingerprint density at radius 1 is 1.25 bits per heavy atom. The molecule has 16 heavy (non-hydrogen) atoms. The van der Waals surface area contributed by atoms with Gasteiger partial charge in [-0.15, -0.1) is 0 Å². The number of rotatable bonds is 5. The highest BCUT2D eigenvalue weighted by atomic mass is 16.5. The zero-order chi connectivity index (χ0) is 12.0. The molecule has 2 nitrogen and oxygen atoms in total. The highest BCUT2D eigenvalue weighted by Gasteiger charge is 2.26. The molecule has 1 aliphatic carbocycles. The lowest BCUT2D eigenvalue weighted by atomic mass is 9.91. The van der Waals surface area contributed by atoms with Crippen LogP contribution < -0.4 is 0 Å². The maximum Gasteiger partial charge on any atom is 0.334 e. The van der Waals surface area contributed by atoms with Crippen LogP contribution in [0.3, 0.4) is 0 Å². The molecule has 92 valence electrons. The zero-order valence-electron chi connectivity index (χ0n) is 10.8. The molecule has 0 aromatic rings. The van der Waals surface area contributed by atoms with Crippen molar-refractivity contribution < 1.29 is 9.53 Å². The van der Waals surface area contributed by atoms with Crippen molar-refractivity contribution in [1.82, 2.24) is 0 Å². The SMILES string of the molecule is CCCC(C)=C(C(=O)OCC)C1CCCC1. The summed E-state index contributed by atoms with van der Waals surface area (Å²) < 4.78 is 5.19. The van der Waals surface area contributed by atoms with Gasteiger partial charge in [0.25, 0.3) is 0 Å². The van der Waals surface area contributed by atoms with E-state index in [0.29, 0.717) is 12.5 Å². The predicted octanol–water partition coefficient (Wildman–Crippen LogP) is 3.86. The minimum absolute atomic E-state index is 0.0691. The van der Waals surface area contributed by atoms with E-state index in [1.807, 2.05) is 6.92 Å². The fourth-order valence-electron chi connectivity index (χ4n) is 2.62. The number of carbonyl (C=O) groups excluding carboxylic acids is 1. The third-order valence-corrected chi connectivity index (χ3v) is 3.34. The van der Waals surface area contributed by atoms with Crippen molar-refractivity contribution >= 4 is 5.97 Å². The molecule has 0 unspecified atom stereocenters. The Hall–Kier alpha value is -0.790. The minimum atomic E-state index is -0.0691. The first-order valence-corrected chi connectivity index (χ1v) is 6.57. The van der Waals surface area contributed by atoms with E-state index < -0.39 is 0 Å². The summed E-state index contributed by atoms with van der Waals surface area (Å²) in [6.07, 6.45) is 6.95. The lowest BCUT2D eigenvalue weighted by Gasteiger charge is -2.16. The first kappa shape index (κ1) is 13.3. The molecule has 0 amide bonds. The standard InChI is InChI=1S/C14H24O2/c1-4-8-11(3)13(14(15)16-5-2)12-9-6-7-10-12/h12H,4-10H2,1-3H3. The van der Waals surface area contributed by atoms with E-state index in [1.54, 1.807) is 0 Å². The fraction of sp³-hybridized carbons (Fsp3) is 0.786. The molecule has 0 atom stereocenters. The molecule has 0 radical (unpaired) electrons. The van der Waals surface area contributed by atoms with Gasteiger partial charge in [-0.3, -0.25) is 0 Å². The molecule has 0 bridgehead atoms. The molecule has 2 heteroatoms. The van der Waals surface area contributed by atoms with Crippen LogP contribution in [0.2, 0.25) is 0 Å². The van der Waals surface area contributed by atoms with Crippen LogP contribution in [0.4, 0.5) is 0 Å². The monoisotopic (exact) mass is 224 g/mol. The van der Waals surface area contributed by atoms with Crippen molar-refractivity contribution in [3.63, 3.8) is 0 Å². The Kier molecular flexibility index (Phi) is 5.58. The molecule has 0 saturated heterocycles. The summed E-state index contributed by atoms with van der Waals surface area (Å²) in [5, 5.41) is 0. The first-order chi connectivity index (χ1) is 7.70. The van der Waals surface area contributed by atoms with E-state index in [0.717, 1.165) is 31.3 Å². The van der Waals surface area contributed by atoms with Crippen molar-refractivity contribution in [3.05, 3.63) is 11.1 Å². The van der Waals surface area contributed by atoms with Gasteiger partial charge in [0.1, 0.15) is 0 Å². The van der Waals surface area contributed by atoms with Crippen LogP contribution in [-0.4, -0.2) is 12.6 Å². The summed E-state index contributed by atoms with van der Waals surface area (Å²) in [5.41, 5.74) is 2.23. The van der Waals surface area contributed by atoms with Gasteiger partial charge in [-0.05, 0) is 39.0 Å². The summed E-state index contributed by atoms with van der Waals surface area (Å²) in [7, 11) is 0. The lowest BCUT2D eigenvalue weighted by Crippen LogP contribution is -2.16. The number of hydrogen-bond acceptors (Lipinski definition) is 2. The van der Waals surface area contributed by atoms with Crippen LogP contribution in [-0.2, 0) is 9.53 Å². The second-order valence-electron chi connectivity index (χ2n) is 4.65. The van der Waals surface area contributed by atoms with Crippen LogP contribution in [0.25, 0.3) is 0 Å². The van der Waals surface area contributed by atoms with E-state index in [-0.39, 0.29) is 5.97 Å². The molecule has 0 aromatic heterocycles. The highest BCUT2D eigenvalue weighted by Crippen LogP contribution is 2.34. The third kappa shape index (κ3) is 3.36. The molecule has 1 saturated carbocycles. The summed E-state index contributed by atoms with van der Waals surface area (Å²) in [5.74, 6) is 0.394. The summed E-state index contributed by atoms with van der Waals surface area (Å²) in [4.78, 5) is 12.0. The summed E-state index contributed by atoms with van der Waals surface area (Å²) in [6.45, 7) is 6.60. The molecular formula is C14H24O2. The molecule has 0 spiro atoms. The maximum absolute atomic E-state index is 12.0. The van der Waals surface area contributed by atoms with Gasteiger partial charge < -0.3 is 4.74 Å². The molecule has 0 N–H and O–H groups in total. The average molecular weight is 224 g/mol. The molecule has 1 fully saturated rings. The van der Waals surface area contributed by atoms with Crippen molar-refractivity contribution in [2.24, 2.45) is 5.92 Å². The third-order valence-electron chi connectivity index (χ3n) is 3.34. The fourth-order valence-corrected chi connectivity index (χ4v) is 2.62. The topological polar surface area (TPSA) is 26.3 Å². The second-order valence-corrected chi connectivity index (χ2v) is 4.65. The summed E-state index contributed by atoms with van der Waals surface area (Å²) >= 11 is 0. The van der Waals surface area contributed by atoms with E-state index in [4.69, 9.17) is 4.74 Å². The molecule has 1 aliphatic rings. The Balaban J connectivity index is 2.83. The minimum Gasteiger partial charge on any atom is -0.463 e. The van der Waals surface area contributed by atoms with Crippen LogP contribution in [0.1, 0.15) is 59.3 Å². The summed E-state index contributed by atoms with van der Waals surface area (Å²) in [6, 6.07) is 0. The van der Waals surface area contributed by atoms with Crippen LogP contribution in [0.15, 0.2) is 11.1 Å². The van der Waals surface area contributed by atoms with E-state index in [1.165, 1.54) is 18.4 Å². The van der Waals surface area contributed by atoms with Crippen molar-refractivity contribution in [3.8, 4) is 0 Å². The first-order valence-electron chi connectivity index (χ1n) is 6.57. The Labute approximate surface area is 99.1 Å². The predicted molar refractivity (Wildman–Crippen MR) is 66.2 cm³/mol. The number of carbonyl (C=O) groups is 1. The molecule has 1 rings (SSSR count). The van der Waals surface area contributed by atoms with Gasteiger partial charge in [0, 0.05) is 5.57 Å². The number of hydrogen-bond donors (Lipinski definition) is 0. The van der Waals surface area contributed by atoms with Gasteiger partial charge in [-0.1, -0.05) is 31.8 Å². The number of esters is 1. The quantitative estimate of drug-likeness (QED) is 0.523.